The summed E-state index contributed by atoms with van der Waals surface area (Å²) in [6, 6.07) is -0.861. The van der Waals surface area contributed by atoms with Gasteiger partial charge in [0.05, 0.1) is 13.2 Å². The van der Waals surface area contributed by atoms with Crippen LogP contribution in [-0.4, -0.2) is 53.9 Å². The second-order valence-corrected chi connectivity index (χ2v) is 4.07. The smallest absolute Gasteiger partial charge is 0.322 e. The summed E-state index contributed by atoms with van der Waals surface area (Å²) >= 11 is 0. The number of morpholine rings is 1. The molecule has 0 aromatic carbocycles. The first kappa shape index (κ1) is 18.3. The lowest BCUT2D eigenvalue weighted by Gasteiger charge is -2.42. The molecule has 3 N–H and O–H groups in total. The van der Waals surface area contributed by atoms with Crippen LogP contribution in [0.25, 0.3) is 0 Å². The summed E-state index contributed by atoms with van der Waals surface area (Å²) in [6.45, 7) is 6.50. The van der Waals surface area contributed by atoms with Crippen molar-refractivity contribution in [2.75, 3.05) is 26.3 Å². The molecule has 0 saturated carbocycles. The highest BCUT2D eigenvalue weighted by molar-refractivity contribution is 5.85. The normalized spacial score (nSPS) is 19.2. The third-order valence-corrected chi connectivity index (χ3v) is 2.85. The van der Waals surface area contributed by atoms with Crippen LogP contribution in [0.3, 0.4) is 0 Å². The molecule has 0 spiro atoms. The maximum Gasteiger partial charge on any atom is 0.322 e. The molecular formula is C9H20Cl2N2O3. The van der Waals surface area contributed by atoms with Crippen LogP contribution < -0.4 is 5.73 Å². The first-order valence-electron chi connectivity index (χ1n) is 4.77. The molecule has 1 saturated heterocycles. The van der Waals surface area contributed by atoms with Crippen molar-refractivity contribution in [1.29, 1.82) is 0 Å². The van der Waals surface area contributed by atoms with Gasteiger partial charge in [0.2, 0.25) is 0 Å². The Morgan fingerprint density at radius 3 is 2.19 bits per heavy atom. The van der Waals surface area contributed by atoms with Crippen molar-refractivity contribution in [3.05, 3.63) is 0 Å². The molecule has 1 aliphatic rings. The zero-order valence-corrected chi connectivity index (χ0v) is 11.1. The van der Waals surface area contributed by atoms with E-state index >= 15 is 0 Å². The van der Waals surface area contributed by atoms with E-state index in [1.165, 1.54) is 0 Å². The van der Waals surface area contributed by atoms with Crippen molar-refractivity contribution in [3.63, 3.8) is 0 Å². The number of halogens is 2. The van der Waals surface area contributed by atoms with Gasteiger partial charge in [0.25, 0.3) is 0 Å². The Morgan fingerprint density at radius 1 is 1.38 bits per heavy atom. The number of nitrogens with zero attached hydrogens (tertiary/aromatic N) is 1. The maximum absolute atomic E-state index is 10.8. The van der Waals surface area contributed by atoms with E-state index in [0.717, 1.165) is 13.1 Å². The van der Waals surface area contributed by atoms with Crippen molar-refractivity contribution in [1.82, 2.24) is 4.90 Å². The molecule has 0 amide bonds. The zero-order chi connectivity index (χ0) is 10.8. The number of rotatable bonds is 3. The summed E-state index contributed by atoms with van der Waals surface area (Å²) in [5.41, 5.74) is 5.12. The Bertz CT molecular complexity index is 221. The third kappa shape index (κ3) is 4.07. The SMILES string of the molecule is CC(C)(C(N)C(=O)O)N1CCOCC1.Cl.Cl. The first-order chi connectivity index (χ1) is 6.46. The highest BCUT2D eigenvalue weighted by Crippen LogP contribution is 2.19. The Kier molecular flexibility index (Phi) is 8.34. The van der Waals surface area contributed by atoms with Crippen molar-refractivity contribution in [2.24, 2.45) is 5.73 Å². The number of hydrogen-bond acceptors (Lipinski definition) is 4. The minimum absolute atomic E-state index is 0. The fourth-order valence-corrected chi connectivity index (χ4v) is 1.64. The average molecular weight is 275 g/mol. The molecule has 1 atom stereocenters. The monoisotopic (exact) mass is 274 g/mol. The van der Waals surface area contributed by atoms with E-state index in [1.807, 2.05) is 13.8 Å². The summed E-state index contributed by atoms with van der Waals surface area (Å²) in [5.74, 6) is -0.957. The topological polar surface area (TPSA) is 75.8 Å². The molecule has 0 aliphatic carbocycles. The minimum Gasteiger partial charge on any atom is -0.480 e. The fourth-order valence-electron chi connectivity index (χ4n) is 1.64. The number of carbonyl (C=O) groups is 1. The van der Waals surface area contributed by atoms with Crippen LogP contribution in [0.4, 0.5) is 0 Å². The summed E-state index contributed by atoms with van der Waals surface area (Å²) < 4.78 is 5.21. The minimum atomic E-state index is -0.957. The molecule has 1 rings (SSSR count). The van der Waals surface area contributed by atoms with Gasteiger partial charge < -0.3 is 15.6 Å². The van der Waals surface area contributed by atoms with Gasteiger partial charge in [-0.3, -0.25) is 9.69 Å². The molecule has 5 nitrogen and oxygen atoms in total. The lowest BCUT2D eigenvalue weighted by Crippen LogP contribution is -2.61. The van der Waals surface area contributed by atoms with E-state index < -0.39 is 17.6 Å². The molecule has 1 unspecified atom stereocenters. The second kappa shape index (κ2) is 7.29. The van der Waals surface area contributed by atoms with Gasteiger partial charge in [-0.2, -0.15) is 0 Å². The van der Waals surface area contributed by atoms with Gasteiger partial charge in [0.1, 0.15) is 6.04 Å². The largest absolute Gasteiger partial charge is 0.480 e. The molecule has 1 fully saturated rings. The molecule has 1 aliphatic heterocycles. The van der Waals surface area contributed by atoms with Gasteiger partial charge >= 0.3 is 5.97 Å². The second-order valence-electron chi connectivity index (χ2n) is 4.07. The fraction of sp³-hybridized carbons (Fsp3) is 0.889. The highest BCUT2D eigenvalue weighted by atomic mass is 35.5. The van der Waals surface area contributed by atoms with Crippen LogP contribution in [0.2, 0.25) is 0 Å². The number of aliphatic carboxylic acids is 1. The summed E-state index contributed by atoms with van der Waals surface area (Å²) in [7, 11) is 0. The Balaban J connectivity index is 0. The van der Waals surface area contributed by atoms with Gasteiger partial charge in [-0.15, -0.1) is 24.8 Å². The summed E-state index contributed by atoms with van der Waals surface area (Å²) in [4.78, 5) is 12.9. The van der Waals surface area contributed by atoms with E-state index in [-0.39, 0.29) is 24.8 Å². The Morgan fingerprint density at radius 2 is 1.81 bits per heavy atom. The van der Waals surface area contributed by atoms with Crippen molar-refractivity contribution in [2.45, 2.75) is 25.4 Å². The van der Waals surface area contributed by atoms with Crippen molar-refractivity contribution < 1.29 is 14.6 Å². The zero-order valence-electron chi connectivity index (χ0n) is 9.51. The summed E-state index contributed by atoms with van der Waals surface area (Å²) in [5, 5.41) is 8.87. The maximum atomic E-state index is 10.8. The van der Waals surface area contributed by atoms with Crippen LogP contribution in [0, 0.1) is 0 Å². The van der Waals surface area contributed by atoms with Crippen molar-refractivity contribution in [3.8, 4) is 0 Å². The van der Waals surface area contributed by atoms with E-state index in [4.69, 9.17) is 15.6 Å². The van der Waals surface area contributed by atoms with Crippen LogP contribution in [0.1, 0.15) is 13.8 Å². The molecule has 0 radical (unpaired) electrons. The van der Waals surface area contributed by atoms with E-state index in [2.05, 4.69) is 4.90 Å². The number of ether oxygens (including phenoxy) is 1. The predicted octanol–water partition coefficient (Wildman–Crippen LogP) is 0.353. The van der Waals surface area contributed by atoms with E-state index in [0.29, 0.717) is 13.2 Å². The molecule has 1 heterocycles. The summed E-state index contributed by atoms with van der Waals surface area (Å²) in [6.07, 6.45) is 0. The molecule has 7 heteroatoms. The molecule has 16 heavy (non-hydrogen) atoms. The van der Waals surface area contributed by atoms with Crippen LogP contribution in [0.15, 0.2) is 0 Å². The quantitative estimate of drug-likeness (QED) is 0.777. The van der Waals surface area contributed by atoms with Gasteiger partial charge in [0, 0.05) is 18.6 Å². The molecule has 0 bridgehead atoms. The standard InChI is InChI=1S/C9H18N2O3.2ClH/c1-9(2,7(10)8(12)13)11-3-5-14-6-4-11;;/h7H,3-6,10H2,1-2H3,(H,12,13);2*1H. The van der Waals surface area contributed by atoms with Gasteiger partial charge in [-0.05, 0) is 13.8 Å². The van der Waals surface area contributed by atoms with Gasteiger partial charge in [0.15, 0.2) is 0 Å². The number of hydrogen-bond donors (Lipinski definition) is 2. The lowest BCUT2D eigenvalue weighted by molar-refractivity contribution is -0.143. The third-order valence-electron chi connectivity index (χ3n) is 2.85. The first-order valence-corrected chi connectivity index (χ1v) is 4.77. The molecule has 98 valence electrons. The van der Waals surface area contributed by atoms with E-state index in [1.54, 1.807) is 0 Å². The van der Waals surface area contributed by atoms with Crippen molar-refractivity contribution >= 4 is 30.8 Å². The van der Waals surface area contributed by atoms with Crippen LogP contribution in [0.5, 0.6) is 0 Å². The molecule has 0 aromatic rings. The Labute approximate surface area is 108 Å². The van der Waals surface area contributed by atoms with Gasteiger partial charge in [-0.25, -0.2) is 0 Å². The average Bonchev–Trinajstić information content (AvgIpc) is 2.18. The number of nitrogens with two attached hydrogens (primary N) is 1. The lowest BCUT2D eigenvalue weighted by atomic mass is 9.92. The van der Waals surface area contributed by atoms with Crippen LogP contribution >= 0.6 is 24.8 Å². The van der Waals surface area contributed by atoms with Gasteiger partial charge in [-0.1, -0.05) is 0 Å². The van der Waals surface area contributed by atoms with E-state index in [9.17, 15) is 4.79 Å². The number of carboxylic acid groups (broad SMARTS) is 1. The number of carboxylic acids is 1. The predicted molar refractivity (Wildman–Crippen MR) is 66.6 cm³/mol. The Hall–Kier alpha value is -0.0700. The molecule has 0 aromatic heterocycles. The van der Waals surface area contributed by atoms with Crippen LogP contribution in [-0.2, 0) is 9.53 Å². The molecular weight excluding hydrogens is 255 g/mol. The highest BCUT2D eigenvalue weighted by Gasteiger charge is 2.38.